The molecule has 6 bridgehead atoms. The number of amides is 2. The van der Waals surface area contributed by atoms with E-state index in [1.807, 2.05) is 25.4 Å². The number of alkyl halides is 1. The Morgan fingerprint density at radius 2 is 1.82 bits per heavy atom. The van der Waals surface area contributed by atoms with E-state index < -0.39 is 47.7 Å². The lowest BCUT2D eigenvalue weighted by molar-refractivity contribution is -0.156. The SMILES string of the molecule is CO[C@@H](C)c1ncc(N2CCN(C3CC3)CC2)cc1-c1c2c3cc(ccc3n1CCO[C@@H]1CCOC[C@@H]1F)-c1csc(n1)[C@@H](N1CCOCC1)[C@H](NC(=O)[C@@H]1[C@@H](C)[C@H]1c1cocn1)C(=O)N1CCC[C@H](N1)C(=O)OCC(C)(C)C2. The van der Waals surface area contributed by atoms with Crippen LogP contribution in [0.2, 0.25) is 0 Å². The number of pyridine rings is 1. The minimum absolute atomic E-state index is 0.0115. The van der Waals surface area contributed by atoms with Gasteiger partial charge < -0.3 is 42.9 Å². The van der Waals surface area contributed by atoms with Gasteiger partial charge in [0.2, 0.25) is 5.91 Å². The fourth-order valence-electron chi connectivity index (χ4n) is 12.8. The molecule has 9 atom stereocenters. The Balaban J connectivity index is 0.996. The van der Waals surface area contributed by atoms with Gasteiger partial charge in [0.1, 0.15) is 29.5 Å². The smallest absolute Gasteiger partial charge is 0.324 e. The van der Waals surface area contributed by atoms with Crippen molar-refractivity contribution in [1.82, 2.24) is 45.1 Å². The lowest BCUT2D eigenvalue weighted by Gasteiger charge is -2.41. The van der Waals surface area contributed by atoms with Crippen molar-refractivity contribution >= 4 is 45.7 Å². The van der Waals surface area contributed by atoms with E-state index in [0.717, 1.165) is 76.5 Å². The fraction of sp³-hybridized carbons (Fsp3) is 0.621. The van der Waals surface area contributed by atoms with Gasteiger partial charge in [-0.2, -0.15) is 0 Å². The van der Waals surface area contributed by atoms with Crippen LogP contribution in [0.5, 0.6) is 0 Å². The topological polar surface area (TPSA) is 191 Å². The minimum Gasteiger partial charge on any atom is -0.464 e. The summed E-state index contributed by atoms with van der Waals surface area (Å²) in [5, 5.41) is 8.44. The molecule has 424 valence electrons. The Morgan fingerprint density at radius 1 is 1.00 bits per heavy atom. The first kappa shape index (κ1) is 54.2. The van der Waals surface area contributed by atoms with Gasteiger partial charge >= 0.3 is 5.97 Å². The molecule has 2 saturated carbocycles. The van der Waals surface area contributed by atoms with E-state index in [9.17, 15) is 9.59 Å². The second-order valence-electron chi connectivity index (χ2n) is 23.5. The van der Waals surface area contributed by atoms with Crippen molar-refractivity contribution in [2.45, 2.75) is 121 Å². The first-order valence-corrected chi connectivity index (χ1v) is 29.4. The number of hydrazine groups is 1. The fourth-order valence-corrected chi connectivity index (χ4v) is 13.8. The maximum absolute atomic E-state index is 15.3. The van der Waals surface area contributed by atoms with E-state index in [1.54, 1.807) is 13.4 Å². The maximum Gasteiger partial charge on any atom is 0.324 e. The summed E-state index contributed by atoms with van der Waals surface area (Å²) in [6.07, 6.45) is 7.25. The predicted molar refractivity (Wildman–Crippen MR) is 294 cm³/mol. The summed E-state index contributed by atoms with van der Waals surface area (Å²) >= 11 is 1.46. The third-order valence-corrected chi connectivity index (χ3v) is 18.5. The monoisotopic (exact) mass is 1110 g/mol. The number of ether oxygens (including phenoxy) is 5. The molecule has 79 heavy (non-hydrogen) atoms. The highest BCUT2D eigenvalue weighted by molar-refractivity contribution is 7.10. The van der Waals surface area contributed by atoms with E-state index in [0.29, 0.717) is 88.4 Å². The van der Waals surface area contributed by atoms with Crippen LogP contribution in [0.15, 0.2) is 52.9 Å². The summed E-state index contributed by atoms with van der Waals surface area (Å²) in [6, 6.07) is 6.81. The zero-order chi connectivity index (χ0) is 54.5. The summed E-state index contributed by atoms with van der Waals surface area (Å²) in [4.78, 5) is 66.7. The number of methoxy groups -OCH3 is 1. The number of nitrogens with one attached hydrogen (secondary N) is 2. The first-order valence-electron chi connectivity index (χ1n) is 28.5. The van der Waals surface area contributed by atoms with Crippen LogP contribution in [0, 0.1) is 17.3 Å². The highest BCUT2D eigenvalue weighted by Crippen LogP contribution is 2.53. The predicted octanol–water partition coefficient (Wildman–Crippen LogP) is 6.48. The van der Waals surface area contributed by atoms with Crippen LogP contribution < -0.4 is 15.6 Å². The van der Waals surface area contributed by atoms with Crippen LogP contribution in [0.25, 0.3) is 33.4 Å². The molecule has 4 aromatic heterocycles. The minimum atomic E-state index is -1.22. The number of carbonyl (C=O) groups excluding carboxylic acids is 3. The van der Waals surface area contributed by atoms with Gasteiger partial charge in [-0.25, -0.2) is 19.8 Å². The maximum atomic E-state index is 15.3. The average Bonchev–Trinajstić information content (AvgIpc) is 4.40. The van der Waals surface area contributed by atoms with Crippen molar-refractivity contribution in [3.05, 3.63) is 70.5 Å². The van der Waals surface area contributed by atoms with Crippen LogP contribution in [-0.4, -0.2) is 175 Å². The number of aromatic nitrogens is 4. The average molecular weight is 1110 g/mol. The molecule has 0 spiro atoms. The van der Waals surface area contributed by atoms with E-state index in [4.69, 9.17) is 38.1 Å². The zero-order valence-electron chi connectivity index (χ0n) is 46.1. The van der Waals surface area contributed by atoms with Crippen molar-refractivity contribution < 1.29 is 46.9 Å². The van der Waals surface area contributed by atoms with Crippen molar-refractivity contribution in [2.24, 2.45) is 17.3 Å². The van der Waals surface area contributed by atoms with E-state index >= 15 is 9.18 Å². The van der Waals surface area contributed by atoms with Gasteiger partial charge in [0, 0.05) is 117 Å². The zero-order valence-corrected chi connectivity index (χ0v) is 46.9. The molecule has 12 rings (SSSR count). The Morgan fingerprint density at radius 3 is 2.58 bits per heavy atom. The molecular weight excluding hydrogens is 1030 g/mol. The molecule has 6 fully saturated rings. The Bertz CT molecular complexity index is 2990. The van der Waals surface area contributed by atoms with Crippen LogP contribution in [0.3, 0.4) is 0 Å². The standard InChI is InChI=1S/C58H75FN10O9S/c1-34-48(44-30-76-33-61-44)49(34)54(70)63-51-53(67-18-22-74-23-19-67)55-62-45(31-79-55)36-8-11-46-39(25-36)41(27-58(3,4)32-78-57(72)43-7-6-13-69(64-43)56(51)71)52(68(46)20-24-77-47-12-21-75-29-42(47)59)40-26-38(28-60-50(40)35(2)73-5)66-16-14-65(15-17-66)37-9-10-37/h8,11,25-26,28,30-31,33-35,37,42-43,47-49,51,53,64H,6-7,9-10,12-24,27,29,32H2,1-5H3,(H,63,70)/t34-,35-,42-,43-,47+,48-,49+,51-,53-/m0/s1. The quantitative estimate of drug-likeness (QED) is 0.122. The number of esters is 1. The summed E-state index contributed by atoms with van der Waals surface area (Å²) in [6.45, 7) is 15.4. The van der Waals surface area contributed by atoms with Gasteiger partial charge in [-0.1, -0.05) is 26.8 Å². The van der Waals surface area contributed by atoms with Crippen molar-refractivity contribution in [3.8, 4) is 22.5 Å². The second-order valence-corrected chi connectivity index (χ2v) is 24.4. The van der Waals surface area contributed by atoms with Gasteiger partial charge in [0.05, 0.1) is 85.9 Å². The summed E-state index contributed by atoms with van der Waals surface area (Å²) in [7, 11) is 1.71. The highest BCUT2D eigenvalue weighted by Gasteiger charge is 2.55. The van der Waals surface area contributed by atoms with E-state index in [2.05, 4.69) is 73.1 Å². The Hall–Kier alpha value is -5.39. The molecule has 0 unspecified atom stereocenters. The molecule has 21 heteroatoms. The van der Waals surface area contributed by atoms with Crippen LogP contribution in [-0.2, 0) is 51.0 Å². The molecule has 2 N–H and O–H groups in total. The third kappa shape index (κ3) is 11.2. The van der Waals surface area contributed by atoms with E-state index in [-0.39, 0.29) is 49.6 Å². The van der Waals surface area contributed by atoms with Gasteiger partial charge in [-0.05, 0) is 75.1 Å². The normalized spacial score (nSPS) is 28.6. The molecule has 1 aromatic carbocycles. The van der Waals surface area contributed by atoms with Crippen LogP contribution in [0.1, 0.15) is 99.8 Å². The van der Waals surface area contributed by atoms with Gasteiger partial charge in [0.25, 0.3) is 5.91 Å². The molecular formula is C58H75FN10O9S. The molecule has 0 radical (unpaired) electrons. The van der Waals surface area contributed by atoms with Crippen molar-refractivity contribution in [2.75, 3.05) is 97.5 Å². The first-order chi connectivity index (χ1) is 38.3. The molecule has 5 aromatic rings. The van der Waals surface area contributed by atoms with Crippen molar-refractivity contribution in [1.29, 1.82) is 0 Å². The molecule has 19 nitrogen and oxygen atoms in total. The van der Waals surface area contributed by atoms with Gasteiger partial charge in [-0.3, -0.25) is 34.2 Å². The lowest BCUT2D eigenvalue weighted by atomic mass is 9.84. The lowest BCUT2D eigenvalue weighted by Crippen LogP contribution is -2.63. The number of cyclic esters (lactones) is 1. The number of morpholine rings is 1. The number of piperazine rings is 1. The number of hydrogen-bond acceptors (Lipinski definition) is 17. The summed E-state index contributed by atoms with van der Waals surface area (Å²) in [5.41, 5.74) is 10.6. The number of thiazole rings is 1. The molecule has 4 saturated heterocycles. The number of benzene rings is 1. The number of halogens is 1. The largest absolute Gasteiger partial charge is 0.464 e. The summed E-state index contributed by atoms with van der Waals surface area (Å²) in [5.74, 6) is -1.68. The molecule has 2 aliphatic carbocycles. The Labute approximate surface area is 464 Å². The van der Waals surface area contributed by atoms with Crippen molar-refractivity contribution in [3.63, 3.8) is 0 Å². The number of carbonyl (C=O) groups is 3. The molecule has 5 aliphatic heterocycles. The molecule has 7 aliphatic rings. The number of rotatable bonds is 13. The third-order valence-electron chi connectivity index (χ3n) is 17.5. The number of anilines is 1. The van der Waals surface area contributed by atoms with Crippen LogP contribution >= 0.6 is 11.3 Å². The van der Waals surface area contributed by atoms with Gasteiger partial charge in [0.15, 0.2) is 6.39 Å². The second kappa shape index (κ2) is 22.9. The number of oxazole rings is 1. The van der Waals surface area contributed by atoms with Crippen LogP contribution in [0.4, 0.5) is 10.1 Å². The number of fused-ring (bicyclic) bond motifs is 6. The number of hydrogen-bond donors (Lipinski definition) is 2. The molecule has 9 heterocycles. The van der Waals surface area contributed by atoms with E-state index in [1.165, 1.54) is 35.6 Å². The number of nitrogens with zero attached hydrogens (tertiary/aromatic N) is 8. The Kier molecular flexibility index (Phi) is 15.7. The molecule has 2 amide bonds. The van der Waals surface area contributed by atoms with Gasteiger partial charge in [-0.15, -0.1) is 11.3 Å². The highest BCUT2D eigenvalue weighted by atomic mass is 32.1. The summed E-state index contributed by atoms with van der Waals surface area (Å²) < 4.78 is 53.1.